The second-order valence-corrected chi connectivity index (χ2v) is 5.50. The normalized spacial score (nSPS) is 23.1. The molecule has 2 rings (SSSR count). The van der Waals surface area contributed by atoms with Crippen LogP contribution in [0.3, 0.4) is 0 Å². The van der Waals surface area contributed by atoms with Gasteiger partial charge in [0.15, 0.2) is 0 Å². The zero-order chi connectivity index (χ0) is 9.80. The summed E-state index contributed by atoms with van der Waals surface area (Å²) in [5.74, 6) is 0. The Kier molecular flexibility index (Phi) is 4.02. The standard InChI is InChI=1S/C11H16BrNS/c12-9-10-3-1-6-13(10)7-5-11-4-2-8-14-11/h2,4,8,10H,1,3,5-7,9H2. The van der Waals surface area contributed by atoms with Crippen molar-refractivity contribution in [2.24, 2.45) is 0 Å². The van der Waals surface area contributed by atoms with Crippen LogP contribution >= 0.6 is 27.3 Å². The smallest absolute Gasteiger partial charge is 0.0193 e. The number of likely N-dealkylation sites (tertiary alicyclic amines) is 1. The Hall–Kier alpha value is 0.140. The highest BCUT2D eigenvalue weighted by molar-refractivity contribution is 9.09. The molecule has 1 atom stereocenters. The van der Waals surface area contributed by atoms with Crippen LogP contribution in [0.4, 0.5) is 0 Å². The third kappa shape index (κ3) is 2.59. The van der Waals surface area contributed by atoms with Crippen molar-refractivity contribution in [3.63, 3.8) is 0 Å². The van der Waals surface area contributed by atoms with Gasteiger partial charge in [-0.05, 0) is 37.3 Å². The Labute approximate surface area is 98.2 Å². The Bertz CT molecular complexity index is 260. The van der Waals surface area contributed by atoms with E-state index >= 15 is 0 Å². The Morgan fingerprint density at radius 1 is 1.57 bits per heavy atom. The molecule has 1 saturated heterocycles. The quantitative estimate of drug-likeness (QED) is 0.762. The van der Waals surface area contributed by atoms with Crippen molar-refractivity contribution in [2.45, 2.75) is 25.3 Å². The van der Waals surface area contributed by atoms with E-state index < -0.39 is 0 Å². The molecule has 2 heterocycles. The molecular weight excluding hydrogens is 258 g/mol. The molecule has 78 valence electrons. The van der Waals surface area contributed by atoms with Gasteiger partial charge in [0.1, 0.15) is 0 Å². The molecule has 0 spiro atoms. The van der Waals surface area contributed by atoms with Gasteiger partial charge >= 0.3 is 0 Å². The summed E-state index contributed by atoms with van der Waals surface area (Å²) in [6, 6.07) is 5.17. The van der Waals surface area contributed by atoms with Gasteiger partial charge in [-0.3, -0.25) is 4.90 Å². The van der Waals surface area contributed by atoms with Crippen LogP contribution in [0.15, 0.2) is 17.5 Å². The van der Waals surface area contributed by atoms with Crippen molar-refractivity contribution in [1.82, 2.24) is 4.90 Å². The Morgan fingerprint density at radius 2 is 2.50 bits per heavy atom. The predicted molar refractivity (Wildman–Crippen MR) is 66.4 cm³/mol. The van der Waals surface area contributed by atoms with Crippen molar-refractivity contribution in [1.29, 1.82) is 0 Å². The fourth-order valence-corrected chi connectivity index (χ4v) is 3.50. The van der Waals surface area contributed by atoms with Gasteiger partial charge < -0.3 is 0 Å². The number of rotatable bonds is 4. The number of halogens is 1. The Balaban J connectivity index is 1.80. The molecule has 0 aromatic carbocycles. The van der Waals surface area contributed by atoms with Crippen LogP contribution in [0.1, 0.15) is 17.7 Å². The van der Waals surface area contributed by atoms with Crippen LogP contribution < -0.4 is 0 Å². The van der Waals surface area contributed by atoms with Crippen molar-refractivity contribution >= 4 is 27.3 Å². The largest absolute Gasteiger partial charge is 0.299 e. The fraction of sp³-hybridized carbons (Fsp3) is 0.636. The molecule has 1 nitrogen and oxygen atoms in total. The number of hydrogen-bond acceptors (Lipinski definition) is 2. The second kappa shape index (κ2) is 5.29. The lowest BCUT2D eigenvalue weighted by molar-refractivity contribution is 0.277. The van der Waals surface area contributed by atoms with Gasteiger partial charge in [-0.1, -0.05) is 22.0 Å². The van der Waals surface area contributed by atoms with Gasteiger partial charge in [-0.25, -0.2) is 0 Å². The summed E-state index contributed by atoms with van der Waals surface area (Å²) in [6.07, 6.45) is 3.97. The zero-order valence-electron chi connectivity index (χ0n) is 8.29. The molecule has 0 radical (unpaired) electrons. The SMILES string of the molecule is BrCC1CCCN1CCc1cccs1. The van der Waals surface area contributed by atoms with Gasteiger partial charge in [0.05, 0.1) is 0 Å². The van der Waals surface area contributed by atoms with Gasteiger partial charge in [0, 0.05) is 22.8 Å². The van der Waals surface area contributed by atoms with E-state index in [2.05, 4.69) is 38.3 Å². The summed E-state index contributed by atoms with van der Waals surface area (Å²) in [4.78, 5) is 4.14. The molecule has 0 amide bonds. The van der Waals surface area contributed by atoms with E-state index in [-0.39, 0.29) is 0 Å². The van der Waals surface area contributed by atoms with Crippen molar-refractivity contribution in [2.75, 3.05) is 18.4 Å². The van der Waals surface area contributed by atoms with E-state index in [0.29, 0.717) is 0 Å². The molecule has 0 bridgehead atoms. The Morgan fingerprint density at radius 3 is 3.21 bits per heavy atom. The first-order chi connectivity index (χ1) is 6.90. The lowest BCUT2D eigenvalue weighted by Crippen LogP contribution is -2.32. The van der Waals surface area contributed by atoms with Crippen LogP contribution in [-0.2, 0) is 6.42 Å². The minimum absolute atomic E-state index is 0.787. The number of alkyl halides is 1. The molecule has 0 saturated carbocycles. The maximum Gasteiger partial charge on any atom is 0.0193 e. The molecule has 1 aromatic rings. The highest BCUT2D eigenvalue weighted by Crippen LogP contribution is 2.20. The first-order valence-electron chi connectivity index (χ1n) is 5.22. The lowest BCUT2D eigenvalue weighted by Gasteiger charge is -2.22. The monoisotopic (exact) mass is 273 g/mol. The van der Waals surface area contributed by atoms with Crippen LogP contribution in [-0.4, -0.2) is 29.4 Å². The lowest BCUT2D eigenvalue weighted by atomic mass is 10.2. The second-order valence-electron chi connectivity index (χ2n) is 3.82. The molecule has 1 aliphatic rings. The van der Waals surface area contributed by atoms with Gasteiger partial charge in [0.2, 0.25) is 0 Å². The van der Waals surface area contributed by atoms with Crippen molar-refractivity contribution < 1.29 is 0 Å². The van der Waals surface area contributed by atoms with E-state index in [1.165, 1.54) is 37.2 Å². The van der Waals surface area contributed by atoms with Gasteiger partial charge in [-0.2, -0.15) is 0 Å². The van der Waals surface area contributed by atoms with E-state index in [9.17, 15) is 0 Å². The molecule has 0 aliphatic carbocycles. The fourth-order valence-electron chi connectivity index (χ4n) is 2.07. The van der Waals surface area contributed by atoms with Crippen LogP contribution in [0.5, 0.6) is 0 Å². The summed E-state index contributed by atoms with van der Waals surface area (Å²) in [7, 11) is 0. The van der Waals surface area contributed by atoms with Crippen molar-refractivity contribution in [3.8, 4) is 0 Å². The molecule has 1 aliphatic heterocycles. The van der Waals surface area contributed by atoms with Crippen LogP contribution in [0.2, 0.25) is 0 Å². The summed E-state index contributed by atoms with van der Waals surface area (Å²) in [5, 5.41) is 3.30. The first-order valence-corrected chi connectivity index (χ1v) is 7.22. The maximum absolute atomic E-state index is 3.60. The average Bonchev–Trinajstić information content (AvgIpc) is 2.85. The molecular formula is C11H16BrNS. The summed E-state index contributed by atoms with van der Waals surface area (Å²) < 4.78 is 0. The van der Waals surface area contributed by atoms with E-state index in [1.54, 1.807) is 0 Å². The summed E-state index contributed by atoms with van der Waals surface area (Å²) >= 11 is 5.47. The van der Waals surface area contributed by atoms with E-state index in [1.807, 2.05) is 11.3 Å². The molecule has 14 heavy (non-hydrogen) atoms. The number of nitrogens with zero attached hydrogens (tertiary/aromatic N) is 1. The van der Waals surface area contributed by atoms with Gasteiger partial charge in [0.25, 0.3) is 0 Å². The third-order valence-corrected chi connectivity index (χ3v) is 4.59. The zero-order valence-corrected chi connectivity index (χ0v) is 10.7. The topological polar surface area (TPSA) is 3.24 Å². The van der Waals surface area contributed by atoms with Crippen LogP contribution in [0, 0.1) is 0 Å². The molecule has 1 aromatic heterocycles. The first kappa shape index (κ1) is 10.7. The minimum Gasteiger partial charge on any atom is -0.299 e. The maximum atomic E-state index is 3.60. The molecule has 1 unspecified atom stereocenters. The molecule has 0 N–H and O–H groups in total. The average molecular weight is 274 g/mol. The third-order valence-electron chi connectivity index (χ3n) is 2.90. The summed E-state index contributed by atoms with van der Waals surface area (Å²) in [5.41, 5.74) is 0. The molecule has 3 heteroatoms. The van der Waals surface area contributed by atoms with E-state index in [4.69, 9.17) is 0 Å². The number of thiophene rings is 1. The minimum atomic E-state index is 0.787. The van der Waals surface area contributed by atoms with E-state index in [0.717, 1.165) is 11.4 Å². The summed E-state index contributed by atoms with van der Waals surface area (Å²) in [6.45, 7) is 2.53. The highest BCUT2D eigenvalue weighted by Gasteiger charge is 2.22. The van der Waals surface area contributed by atoms with Crippen LogP contribution in [0.25, 0.3) is 0 Å². The molecule has 1 fully saturated rings. The number of hydrogen-bond donors (Lipinski definition) is 0. The van der Waals surface area contributed by atoms with Crippen molar-refractivity contribution in [3.05, 3.63) is 22.4 Å². The van der Waals surface area contributed by atoms with Gasteiger partial charge in [-0.15, -0.1) is 11.3 Å². The predicted octanol–water partition coefficient (Wildman–Crippen LogP) is 3.15. The highest BCUT2D eigenvalue weighted by atomic mass is 79.9.